The topological polar surface area (TPSA) is 49.6 Å². The van der Waals surface area contributed by atoms with Crippen molar-refractivity contribution in [3.63, 3.8) is 0 Å². The van der Waals surface area contributed by atoms with Crippen LogP contribution in [-0.4, -0.2) is 43.0 Å². The predicted octanol–water partition coefficient (Wildman–Crippen LogP) is 2.28. The number of aryl methyl sites for hydroxylation is 1. The molecule has 1 aliphatic heterocycles. The number of carbonyl (C=O) groups excluding carboxylic acids is 1. The molecule has 1 aromatic carbocycles. The van der Waals surface area contributed by atoms with Gasteiger partial charge >= 0.3 is 0 Å². The Bertz CT molecular complexity index is 510. The number of nitrogens with zero attached hydrogens (tertiary/aromatic N) is 2. The number of carbonyl (C=O) groups is 1. The number of hydrogen-bond acceptors (Lipinski definition) is 3. The molecule has 21 heavy (non-hydrogen) atoms. The fourth-order valence-electron chi connectivity index (χ4n) is 2.60. The average Bonchev–Trinajstić information content (AvgIpc) is 2.48. The van der Waals surface area contributed by atoms with Gasteiger partial charge in [0, 0.05) is 42.9 Å². The third-order valence-electron chi connectivity index (χ3n) is 4.28. The van der Waals surface area contributed by atoms with Crippen LogP contribution in [0.2, 0.25) is 5.02 Å². The lowest BCUT2D eigenvalue weighted by atomic mass is 10.0. The second kappa shape index (κ2) is 6.67. The number of amides is 1. The molecule has 2 N–H and O–H groups in total. The number of hydrogen-bond donors (Lipinski definition) is 1. The molecule has 4 nitrogen and oxygen atoms in total. The fourth-order valence-corrected chi connectivity index (χ4v) is 2.77. The Balaban J connectivity index is 2.00. The highest BCUT2D eigenvalue weighted by atomic mass is 35.5. The number of anilines is 1. The molecule has 2 atom stereocenters. The zero-order valence-electron chi connectivity index (χ0n) is 13.0. The first-order valence-corrected chi connectivity index (χ1v) is 7.83. The molecule has 2 unspecified atom stereocenters. The molecule has 1 aliphatic rings. The average molecular weight is 310 g/mol. The van der Waals surface area contributed by atoms with E-state index in [1.54, 1.807) is 0 Å². The van der Waals surface area contributed by atoms with Gasteiger partial charge in [-0.25, -0.2) is 0 Å². The van der Waals surface area contributed by atoms with Crippen LogP contribution in [0.3, 0.4) is 0 Å². The molecular formula is C16H24ClN3O. The van der Waals surface area contributed by atoms with Crippen molar-refractivity contribution in [2.24, 2.45) is 11.7 Å². The van der Waals surface area contributed by atoms with Crippen LogP contribution in [0.25, 0.3) is 0 Å². The van der Waals surface area contributed by atoms with Crippen LogP contribution < -0.4 is 10.6 Å². The van der Waals surface area contributed by atoms with Crippen molar-refractivity contribution in [2.75, 3.05) is 31.1 Å². The van der Waals surface area contributed by atoms with E-state index in [1.807, 2.05) is 36.9 Å². The summed E-state index contributed by atoms with van der Waals surface area (Å²) >= 11 is 6.09. The molecule has 116 valence electrons. The van der Waals surface area contributed by atoms with E-state index in [1.165, 1.54) is 5.56 Å². The first-order chi connectivity index (χ1) is 9.90. The molecule has 1 fully saturated rings. The van der Waals surface area contributed by atoms with Gasteiger partial charge in [0.25, 0.3) is 0 Å². The maximum absolute atomic E-state index is 12.3. The molecule has 1 heterocycles. The minimum atomic E-state index is -0.121. The van der Waals surface area contributed by atoms with E-state index in [4.69, 9.17) is 17.3 Å². The summed E-state index contributed by atoms with van der Waals surface area (Å²) in [5.41, 5.74) is 8.20. The maximum Gasteiger partial charge on any atom is 0.227 e. The van der Waals surface area contributed by atoms with Crippen LogP contribution in [-0.2, 0) is 4.79 Å². The van der Waals surface area contributed by atoms with Crippen molar-refractivity contribution in [2.45, 2.75) is 26.8 Å². The van der Waals surface area contributed by atoms with Crippen LogP contribution in [0.4, 0.5) is 5.69 Å². The van der Waals surface area contributed by atoms with E-state index in [0.717, 1.165) is 36.9 Å². The summed E-state index contributed by atoms with van der Waals surface area (Å²) in [6, 6.07) is 5.84. The van der Waals surface area contributed by atoms with Crippen LogP contribution in [0, 0.1) is 12.8 Å². The Labute approximate surface area is 131 Å². The van der Waals surface area contributed by atoms with Gasteiger partial charge < -0.3 is 15.5 Å². The van der Waals surface area contributed by atoms with Crippen LogP contribution in [0.1, 0.15) is 19.4 Å². The molecular weight excluding hydrogens is 286 g/mol. The highest BCUT2D eigenvalue weighted by Crippen LogP contribution is 2.25. The highest BCUT2D eigenvalue weighted by molar-refractivity contribution is 6.30. The molecule has 0 radical (unpaired) electrons. The monoisotopic (exact) mass is 309 g/mol. The van der Waals surface area contributed by atoms with Gasteiger partial charge in [-0.05, 0) is 31.5 Å². The molecule has 0 bridgehead atoms. The standard InChI is InChI=1S/C16H24ClN3O/c1-11-4-5-14(17)10-15(11)19-6-8-20(9-7-19)16(21)12(2)13(3)18/h4-5,10,12-13H,6-9,18H2,1-3H3. The first kappa shape index (κ1) is 16.1. The Morgan fingerprint density at radius 2 is 1.86 bits per heavy atom. The number of nitrogens with two attached hydrogens (primary N) is 1. The molecule has 1 amide bonds. The van der Waals surface area contributed by atoms with Gasteiger partial charge in [0.05, 0.1) is 5.92 Å². The van der Waals surface area contributed by atoms with Crippen molar-refractivity contribution in [3.05, 3.63) is 28.8 Å². The first-order valence-electron chi connectivity index (χ1n) is 7.45. The van der Waals surface area contributed by atoms with Crippen molar-refractivity contribution < 1.29 is 4.79 Å². The largest absolute Gasteiger partial charge is 0.368 e. The number of piperazine rings is 1. The zero-order chi connectivity index (χ0) is 15.6. The quantitative estimate of drug-likeness (QED) is 0.932. The van der Waals surface area contributed by atoms with E-state index in [2.05, 4.69) is 11.8 Å². The van der Waals surface area contributed by atoms with Gasteiger partial charge in [-0.2, -0.15) is 0 Å². The van der Waals surface area contributed by atoms with Gasteiger partial charge in [0.15, 0.2) is 0 Å². The summed E-state index contributed by atoms with van der Waals surface area (Å²) in [6.45, 7) is 9.01. The molecule has 0 aromatic heterocycles. The molecule has 0 aliphatic carbocycles. The maximum atomic E-state index is 12.3. The lowest BCUT2D eigenvalue weighted by Gasteiger charge is -2.38. The van der Waals surface area contributed by atoms with E-state index >= 15 is 0 Å². The summed E-state index contributed by atoms with van der Waals surface area (Å²) in [6.07, 6.45) is 0. The Morgan fingerprint density at radius 3 is 2.43 bits per heavy atom. The van der Waals surface area contributed by atoms with Crippen molar-refractivity contribution in [1.82, 2.24) is 4.90 Å². The summed E-state index contributed by atoms with van der Waals surface area (Å²) in [4.78, 5) is 16.5. The molecule has 0 saturated carbocycles. The smallest absolute Gasteiger partial charge is 0.227 e. The fraction of sp³-hybridized carbons (Fsp3) is 0.562. The molecule has 5 heteroatoms. The van der Waals surface area contributed by atoms with E-state index in [-0.39, 0.29) is 17.9 Å². The van der Waals surface area contributed by atoms with Crippen LogP contribution in [0.15, 0.2) is 18.2 Å². The van der Waals surface area contributed by atoms with E-state index < -0.39 is 0 Å². The van der Waals surface area contributed by atoms with Crippen LogP contribution in [0.5, 0.6) is 0 Å². The Morgan fingerprint density at radius 1 is 1.24 bits per heavy atom. The van der Waals surface area contributed by atoms with Crippen molar-refractivity contribution in [1.29, 1.82) is 0 Å². The predicted molar refractivity (Wildman–Crippen MR) is 87.8 cm³/mol. The number of benzene rings is 1. The minimum absolute atomic E-state index is 0.106. The van der Waals surface area contributed by atoms with Gasteiger partial charge in [-0.15, -0.1) is 0 Å². The van der Waals surface area contributed by atoms with Crippen molar-refractivity contribution >= 4 is 23.2 Å². The molecule has 2 rings (SSSR count). The summed E-state index contributed by atoms with van der Waals surface area (Å²) in [7, 11) is 0. The lowest BCUT2D eigenvalue weighted by molar-refractivity contribution is -0.135. The summed E-state index contributed by atoms with van der Waals surface area (Å²) in [5, 5.41) is 0.750. The number of halogens is 1. The second-order valence-electron chi connectivity index (χ2n) is 5.89. The van der Waals surface area contributed by atoms with Crippen LogP contribution >= 0.6 is 11.6 Å². The lowest BCUT2D eigenvalue weighted by Crippen LogP contribution is -2.52. The third-order valence-corrected chi connectivity index (χ3v) is 4.52. The number of rotatable bonds is 3. The van der Waals surface area contributed by atoms with Gasteiger partial charge in [-0.1, -0.05) is 24.6 Å². The van der Waals surface area contributed by atoms with Gasteiger partial charge in [0.1, 0.15) is 0 Å². The highest BCUT2D eigenvalue weighted by Gasteiger charge is 2.27. The molecule has 1 saturated heterocycles. The second-order valence-corrected chi connectivity index (χ2v) is 6.33. The minimum Gasteiger partial charge on any atom is -0.368 e. The molecule has 1 aromatic rings. The van der Waals surface area contributed by atoms with E-state index in [0.29, 0.717) is 0 Å². The summed E-state index contributed by atoms with van der Waals surface area (Å²) < 4.78 is 0. The zero-order valence-corrected chi connectivity index (χ0v) is 13.7. The normalized spacial score (nSPS) is 18.5. The van der Waals surface area contributed by atoms with Gasteiger partial charge in [0.2, 0.25) is 5.91 Å². The third kappa shape index (κ3) is 3.69. The SMILES string of the molecule is Cc1ccc(Cl)cc1N1CCN(C(=O)C(C)C(C)N)CC1. The Hall–Kier alpha value is -1.26. The van der Waals surface area contributed by atoms with Crippen molar-refractivity contribution in [3.8, 4) is 0 Å². The van der Waals surface area contributed by atoms with Gasteiger partial charge in [-0.3, -0.25) is 4.79 Å². The summed E-state index contributed by atoms with van der Waals surface area (Å²) in [5.74, 6) is 0.0388. The van der Waals surface area contributed by atoms with E-state index in [9.17, 15) is 4.79 Å². The molecule has 0 spiro atoms. The Kier molecular flexibility index (Phi) is 5.12.